The highest BCUT2D eigenvalue weighted by atomic mass is 32.2. The van der Waals surface area contributed by atoms with Crippen LogP contribution in [0.5, 0.6) is 0 Å². The number of nitrogens with two attached hydrogens (primary N) is 1. The number of carbonyl (C=O) groups is 1. The summed E-state index contributed by atoms with van der Waals surface area (Å²) in [5, 5.41) is 0. The fourth-order valence-corrected chi connectivity index (χ4v) is 1.47. The second-order valence-electron chi connectivity index (χ2n) is 3.17. The molecule has 2 N–H and O–H groups in total. The predicted octanol–water partition coefficient (Wildman–Crippen LogP) is -0.106. The van der Waals surface area contributed by atoms with Crippen molar-refractivity contribution in [3.8, 4) is 0 Å². The van der Waals surface area contributed by atoms with E-state index in [0.717, 1.165) is 6.26 Å². The first-order valence-electron chi connectivity index (χ1n) is 3.87. The summed E-state index contributed by atoms with van der Waals surface area (Å²) in [7, 11) is -3.04. The fraction of sp³-hybridized carbons (Fsp3) is 0.625. The molecule has 0 aliphatic carbocycles. The lowest BCUT2D eigenvalue weighted by atomic mass is 10.1. The second kappa shape index (κ2) is 4.53. The minimum absolute atomic E-state index is 0.0623. The maximum absolute atomic E-state index is 11.1. The van der Waals surface area contributed by atoms with Crippen molar-refractivity contribution in [3.63, 3.8) is 0 Å². The zero-order chi connectivity index (χ0) is 10.6. The van der Waals surface area contributed by atoms with Gasteiger partial charge >= 0.3 is 0 Å². The van der Waals surface area contributed by atoms with Crippen LogP contribution in [0.15, 0.2) is 12.2 Å². The summed E-state index contributed by atoms with van der Waals surface area (Å²) < 4.78 is 21.5. The van der Waals surface area contributed by atoms with Crippen molar-refractivity contribution in [1.82, 2.24) is 0 Å². The van der Waals surface area contributed by atoms with Crippen molar-refractivity contribution in [2.75, 3.05) is 12.0 Å². The molecule has 0 amide bonds. The SMILES string of the molecule is C=C(C)C(=O)C(N)CCS(C)(=O)=O. The molecule has 0 spiro atoms. The molecule has 1 unspecified atom stereocenters. The van der Waals surface area contributed by atoms with Gasteiger partial charge in [-0.15, -0.1) is 0 Å². The number of sulfone groups is 1. The van der Waals surface area contributed by atoms with Gasteiger partial charge in [-0.1, -0.05) is 6.58 Å². The third kappa shape index (κ3) is 5.54. The Morgan fingerprint density at radius 1 is 1.54 bits per heavy atom. The van der Waals surface area contributed by atoms with Gasteiger partial charge in [-0.05, 0) is 18.9 Å². The highest BCUT2D eigenvalue weighted by Crippen LogP contribution is 2.00. The van der Waals surface area contributed by atoms with Gasteiger partial charge in [0.25, 0.3) is 0 Å². The third-order valence-electron chi connectivity index (χ3n) is 1.56. The van der Waals surface area contributed by atoms with E-state index in [-0.39, 0.29) is 18.0 Å². The quantitative estimate of drug-likeness (QED) is 0.635. The van der Waals surface area contributed by atoms with Crippen molar-refractivity contribution in [2.45, 2.75) is 19.4 Å². The van der Waals surface area contributed by atoms with Crippen molar-refractivity contribution < 1.29 is 13.2 Å². The van der Waals surface area contributed by atoms with Gasteiger partial charge in [0.05, 0.1) is 11.8 Å². The number of carbonyl (C=O) groups excluding carboxylic acids is 1. The summed E-state index contributed by atoms with van der Waals surface area (Å²) in [6.07, 6.45) is 1.27. The third-order valence-corrected chi connectivity index (χ3v) is 2.53. The average Bonchev–Trinajstić information content (AvgIpc) is 1.97. The Hall–Kier alpha value is -0.680. The van der Waals surface area contributed by atoms with Crippen molar-refractivity contribution in [3.05, 3.63) is 12.2 Å². The van der Waals surface area contributed by atoms with Crippen LogP contribution in [0.4, 0.5) is 0 Å². The smallest absolute Gasteiger partial charge is 0.174 e. The molecule has 1 atom stereocenters. The molecule has 13 heavy (non-hydrogen) atoms. The second-order valence-corrected chi connectivity index (χ2v) is 5.43. The lowest BCUT2D eigenvalue weighted by Gasteiger charge is -2.08. The first kappa shape index (κ1) is 12.3. The van der Waals surface area contributed by atoms with E-state index in [1.54, 1.807) is 6.92 Å². The van der Waals surface area contributed by atoms with Crippen LogP contribution in [0.25, 0.3) is 0 Å². The Morgan fingerprint density at radius 3 is 2.31 bits per heavy atom. The number of rotatable bonds is 5. The topological polar surface area (TPSA) is 77.2 Å². The molecule has 0 radical (unpaired) electrons. The minimum atomic E-state index is -3.04. The summed E-state index contributed by atoms with van der Waals surface area (Å²) in [6.45, 7) is 5.00. The molecule has 0 saturated carbocycles. The number of Topliss-reactive ketones (excluding diaryl/α,β-unsaturated/α-hetero) is 1. The van der Waals surface area contributed by atoms with Crippen LogP contribution in [0.2, 0.25) is 0 Å². The zero-order valence-corrected chi connectivity index (χ0v) is 8.73. The molecule has 0 aromatic carbocycles. The maximum atomic E-state index is 11.1. The van der Waals surface area contributed by atoms with Crippen LogP contribution in [-0.2, 0) is 14.6 Å². The van der Waals surface area contributed by atoms with Crippen LogP contribution in [0.1, 0.15) is 13.3 Å². The zero-order valence-electron chi connectivity index (χ0n) is 7.91. The molecule has 76 valence electrons. The Labute approximate surface area is 78.7 Å². The Balaban J connectivity index is 4.10. The van der Waals surface area contributed by atoms with E-state index in [1.165, 1.54) is 0 Å². The largest absolute Gasteiger partial charge is 0.321 e. The lowest BCUT2D eigenvalue weighted by Crippen LogP contribution is -2.32. The van der Waals surface area contributed by atoms with E-state index < -0.39 is 15.9 Å². The van der Waals surface area contributed by atoms with E-state index in [9.17, 15) is 13.2 Å². The van der Waals surface area contributed by atoms with E-state index in [2.05, 4.69) is 6.58 Å². The normalized spacial score (nSPS) is 13.8. The maximum Gasteiger partial charge on any atom is 0.174 e. The van der Waals surface area contributed by atoms with E-state index in [1.807, 2.05) is 0 Å². The number of hydrogen-bond acceptors (Lipinski definition) is 4. The van der Waals surface area contributed by atoms with Crippen molar-refractivity contribution in [1.29, 1.82) is 0 Å². The average molecular weight is 205 g/mol. The minimum Gasteiger partial charge on any atom is -0.321 e. The van der Waals surface area contributed by atoms with Crippen LogP contribution in [0, 0.1) is 0 Å². The van der Waals surface area contributed by atoms with Gasteiger partial charge in [-0.2, -0.15) is 0 Å². The van der Waals surface area contributed by atoms with Crippen LogP contribution >= 0.6 is 0 Å². The van der Waals surface area contributed by atoms with Gasteiger partial charge in [0.1, 0.15) is 9.84 Å². The molecule has 0 aliphatic heterocycles. The van der Waals surface area contributed by atoms with E-state index in [4.69, 9.17) is 5.73 Å². The predicted molar refractivity (Wildman–Crippen MR) is 52.1 cm³/mol. The summed E-state index contributed by atoms with van der Waals surface area (Å²) >= 11 is 0. The molecule has 0 aromatic rings. The molecule has 0 rings (SSSR count). The number of ketones is 1. The first-order valence-corrected chi connectivity index (χ1v) is 5.93. The highest BCUT2D eigenvalue weighted by molar-refractivity contribution is 7.90. The highest BCUT2D eigenvalue weighted by Gasteiger charge is 2.15. The summed E-state index contributed by atoms with van der Waals surface area (Å²) in [6, 6.07) is -0.743. The van der Waals surface area contributed by atoms with Crippen LogP contribution in [0.3, 0.4) is 0 Å². The molecule has 0 heterocycles. The van der Waals surface area contributed by atoms with E-state index >= 15 is 0 Å². The molecule has 4 nitrogen and oxygen atoms in total. The fourth-order valence-electron chi connectivity index (χ4n) is 0.789. The van der Waals surface area contributed by atoms with Crippen molar-refractivity contribution >= 4 is 15.6 Å². The van der Waals surface area contributed by atoms with Gasteiger partial charge in [-0.3, -0.25) is 4.79 Å². The Morgan fingerprint density at radius 2 is 2.00 bits per heavy atom. The monoisotopic (exact) mass is 205 g/mol. The van der Waals surface area contributed by atoms with Gasteiger partial charge in [0, 0.05) is 6.26 Å². The first-order chi connectivity index (χ1) is 5.74. The number of hydrogen-bond donors (Lipinski definition) is 1. The van der Waals surface area contributed by atoms with E-state index in [0.29, 0.717) is 5.57 Å². The molecular weight excluding hydrogens is 190 g/mol. The van der Waals surface area contributed by atoms with Crippen LogP contribution in [-0.4, -0.2) is 32.3 Å². The van der Waals surface area contributed by atoms with Gasteiger partial charge in [-0.25, -0.2) is 8.42 Å². The van der Waals surface area contributed by atoms with Gasteiger partial charge in [0.2, 0.25) is 0 Å². The standard InChI is InChI=1S/C8H15NO3S/c1-6(2)8(10)7(9)4-5-13(3,11)12/h7H,1,4-5,9H2,2-3H3. The van der Waals surface area contributed by atoms with Gasteiger partial charge in [0.15, 0.2) is 5.78 Å². The molecular formula is C8H15NO3S. The molecule has 5 heteroatoms. The summed E-state index contributed by atoms with van der Waals surface area (Å²) in [5.74, 6) is -0.337. The molecule has 0 aromatic heterocycles. The Bertz CT molecular complexity index is 305. The molecule has 0 fully saturated rings. The van der Waals surface area contributed by atoms with Gasteiger partial charge < -0.3 is 5.73 Å². The van der Waals surface area contributed by atoms with Crippen molar-refractivity contribution in [2.24, 2.45) is 5.73 Å². The summed E-state index contributed by atoms with van der Waals surface area (Å²) in [4.78, 5) is 11.1. The lowest BCUT2D eigenvalue weighted by molar-refractivity contribution is -0.116. The Kier molecular flexibility index (Phi) is 4.29. The summed E-state index contributed by atoms with van der Waals surface area (Å²) in [5.41, 5.74) is 5.81. The molecule has 0 aliphatic rings. The molecule has 0 saturated heterocycles. The molecule has 0 bridgehead atoms. The van der Waals surface area contributed by atoms with Crippen LogP contribution < -0.4 is 5.73 Å².